The molecule has 112 valence electrons. The predicted molar refractivity (Wildman–Crippen MR) is 92.3 cm³/mol. The lowest BCUT2D eigenvalue weighted by Gasteiger charge is -2.15. The lowest BCUT2D eigenvalue weighted by Crippen LogP contribution is -2.37. The molecule has 0 radical (unpaired) electrons. The van der Waals surface area contributed by atoms with Gasteiger partial charge in [-0.3, -0.25) is 0 Å². The standard InChI is InChI=1S/C16H27BO2S/c1-3-5-12-18-17(19-13-6-4-2)16-9-7-15(8-10-16)11-14-20/h7-10,20H,3-6,11-14H2,1-2H3/p+1. The molecule has 0 N–H and O–H groups in total. The Kier molecular flexibility index (Phi) is 9.89. The normalized spacial score (nSPS) is 10.8. The van der Waals surface area contributed by atoms with Gasteiger partial charge in [-0.25, -0.2) is 0 Å². The van der Waals surface area contributed by atoms with Gasteiger partial charge >= 0.3 is 7.12 Å². The van der Waals surface area contributed by atoms with Crippen molar-refractivity contribution in [3.63, 3.8) is 0 Å². The molecule has 4 heteroatoms. The van der Waals surface area contributed by atoms with Gasteiger partial charge in [0.15, 0.2) is 0 Å². The summed E-state index contributed by atoms with van der Waals surface area (Å²) in [6.45, 7) is 5.86. The number of unbranched alkanes of at least 4 members (excludes halogenated alkanes) is 2. The molecule has 2 nitrogen and oxygen atoms in total. The Balaban J connectivity index is 2.59. The van der Waals surface area contributed by atoms with Crippen LogP contribution >= 0.6 is 0 Å². The largest absolute Gasteiger partial charge is 0.493 e. The molecule has 1 aromatic carbocycles. The van der Waals surface area contributed by atoms with Crippen LogP contribution in [-0.2, 0) is 28.4 Å². The van der Waals surface area contributed by atoms with Crippen LogP contribution in [0, 0.1) is 0 Å². The fraction of sp³-hybridized carbons (Fsp3) is 0.625. The summed E-state index contributed by atoms with van der Waals surface area (Å²) in [5.74, 6) is 0.989. The van der Waals surface area contributed by atoms with E-state index in [4.69, 9.17) is 9.31 Å². The Morgan fingerprint density at radius 2 is 1.50 bits per heavy atom. The topological polar surface area (TPSA) is 18.5 Å². The Labute approximate surface area is 129 Å². The molecule has 0 bridgehead atoms. The summed E-state index contributed by atoms with van der Waals surface area (Å²) in [5.41, 5.74) is 2.46. The van der Waals surface area contributed by atoms with Crippen LogP contribution in [0.2, 0.25) is 0 Å². The average molecular weight is 295 g/mol. The van der Waals surface area contributed by atoms with Crippen LogP contribution in [0.5, 0.6) is 0 Å². The molecule has 0 spiro atoms. The Morgan fingerprint density at radius 3 is 1.95 bits per heavy atom. The fourth-order valence-electron chi connectivity index (χ4n) is 1.90. The van der Waals surface area contributed by atoms with Crippen LogP contribution in [0.3, 0.4) is 0 Å². The van der Waals surface area contributed by atoms with Crippen LogP contribution < -0.4 is 5.46 Å². The van der Waals surface area contributed by atoms with Crippen molar-refractivity contribution in [2.75, 3.05) is 19.0 Å². The molecule has 0 aliphatic heterocycles. The number of aryl methyl sites for hydroxylation is 1. The summed E-state index contributed by atoms with van der Waals surface area (Å²) in [4.78, 5) is 0. The summed E-state index contributed by atoms with van der Waals surface area (Å²) in [6, 6.07) is 8.57. The first-order valence-electron chi connectivity index (χ1n) is 7.78. The van der Waals surface area contributed by atoms with E-state index < -0.39 is 0 Å². The third kappa shape index (κ3) is 6.82. The molecule has 0 amide bonds. The van der Waals surface area contributed by atoms with Crippen LogP contribution in [0.15, 0.2) is 24.3 Å². The van der Waals surface area contributed by atoms with E-state index >= 15 is 0 Å². The molecule has 0 heterocycles. The van der Waals surface area contributed by atoms with E-state index in [2.05, 4.69) is 50.7 Å². The molecule has 20 heavy (non-hydrogen) atoms. The fourth-order valence-corrected chi connectivity index (χ4v) is 2.18. The second kappa shape index (κ2) is 11.2. The lowest BCUT2D eigenvalue weighted by atomic mass is 9.78. The Morgan fingerprint density at radius 1 is 0.950 bits per heavy atom. The molecule has 0 saturated carbocycles. The van der Waals surface area contributed by atoms with Crippen molar-refractivity contribution < 1.29 is 9.31 Å². The molecule has 1 aromatic rings. The molecule has 0 saturated heterocycles. The maximum Gasteiger partial charge on any atom is 0.493 e. The maximum atomic E-state index is 5.88. The van der Waals surface area contributed by atoms with Gasteiger partial charge < -0.3 is 9.31 Å². The lowest BCUT2D eigenvalue weighted by molar-refractivity contribution is 0.202. The minimum Gasteiger partial charge on any atom is -0.407 e. The van der Waals surface area contributed by atoms with Crippen LogP contribution in [0.1, 0.15) is 45.1 Å². The number of hydrogen-bond donors (Lipinski definition) is 0. The first kappa shape index (κ1) is 17.6. The van der Waals surface area contributed by atoms with E-state index in [0.717, 1.165) is 56.5 Å². The molecular formula is C16H28BO2S+. The average Bonchev–Trinajstić information content (AvgIpc) is 2.47. The SMILES string of the molecule is CCCCOB(OCCCC)c1ccc(CC[SH2+])cc1. The first-order chi connectivity index (χ1) is 9.81. The molecule has 0 atom stereocenters. The summed E-state index contributed by atoms with van der Waals surface area (Å²) < 4.78 is 11.8. The number of rotatable bonds is 11. The smallest absolute Gasteiger partial charge is 0.407 e. The third-order valence-corrected chi connectivity index (χ3v) is 3.45. The molecule has 0 fully saturated rings. The van der Waals surface area contributed by atoms with E-state index in [1.165, 1.54) is 5.56 Å². The third-order valence-electron chi connectivity index (χ3n) is 3.20. The van der Waals surface area contributed by atoms with E-state index in [9.17, 15) is 0 Å². The second-order valence-corrected chi connectivity index (χ2v) is 5.52. The zero-order valence-corrected chi connectivity index (χ0v) is 13.9. The number of benzene rings is 1. The van der Waals surface area contributed by atoms with Crippen molar-refractivity contribution in [2.24, 2.45) is 0 Å². The predicted octanol–water partition coefficient (Wildman–Crippen LogP) is 2.57. The molecule has 0 unspecified atom stereocenters. The van der Waals surface area contributed by atoms with Gasteiger partial charge in [0.25, 0.3) is 0 Å². The van der Waals surface area contributed by atoms with Gasteiger partial charge in [-0.2, -0.15) is 0 Å². The second-order valence-electron chi connectivity index (χ2n) is 5.02. The molecular weight excluding hydrogens is 267 g/mol. The molecule has 0 aliphatic rings. The van der Waals surface area contributed by atoms with Gasteiger partial charge in [0.05, 0.1) is 0 Å². The zero-order chi connectivity index (χ0) is 14.6. The van der Waals surface area contributed by atoms with Crippen molar-refractivity contribution in [2.45, 2.75) is 46.0 Å². The highest BCUT2D eigenvalue weighted by atomic mass is 32.1. The highest BCUT2D eigenvalue weighted by Crippen LogP contribution is 2.02. The Bertz CT molecular complexity index is 333. The highest BCUT2D eigenvalue weighted by molar-refractivity contribution is 7.58. The molecule has 1 rings (SSSR count). The Hall–Kier alpha value is -0.445. The molecule has 0 aliphatic carbocycles. The van der Waals surface area contributed by atoms with Crippen molar-refractivity contribution in [1.82, 2.24) is 0 Å². The van der Waals surface area contributed by atoms with Crippen molar-refractivity contribution in [3.8, 4) is 0 Å². The van der Waals surface area contributed by atoms with E-state index in [1.807, 2.05) is 0 Å². The minimum atomic E-state index is -0.217. The minimum absolute atomic E-state index is 0.217. The van der Waals surface area contributed by atoms with Gasteiger partial charge in [-0.1, -0.05) is 51.0 Å². The highest BCUT2D eigenvalue weighted by Gasteiger charge is 2.20. The van der Waals surface area contributed by atoms with Crippen LogP contribution in [-0.4, -0.2) is 26.1 Å². The van der Waals surface area contributed by atoms with Gasteiger partial charge in [0, 0.05) is 19.6 Å². The first-order valence-corrected chi connectivity index (χ1v) is 8.49. The van der Waals surface area contributed by atoms with Gasteiger partial charge in [0.2, 0.25) is 0 Å². The summed E-state index contributed by atoms with van der Waals surface area (Å²) in [7, 11) is -0.217. The van der Waals surface area contributed by atoms with E-state index in [-0.39, 0.29) is 7.12 Å². The van der Waals surface area contributed by atoms with E-state index in [0.29, 0.717) is 0 Å². The maximum absolute atomic E-state index is 5.88. The van der Waals surface area contributed by atoms with Crippen LogP contribution in [0.4, 0.5) is 0 Å². The van der Waals surface area contributed by atoms with Crippen LogP contribution in [0.25, 0.3) is 0 Å². The summed E-state index contributed by atoms with van der Waals surface area (Å²) in [5, 5.41) is 0. The zero-order valence-electron chi connectivity index (χ0n) is 12.9. The van der Waals surface area contributed by atoms with E-state index in [1.54, 1.807) is 0 Å². The quantitative estimate of drug-likeness (QED) is 0.355. The van der Waals surface area contributed by atoms with Gasteiger partial charge in [-0.15, -0.1) is 0 Å². The monoisotopic (exact) mass is 295 g/mol. The summed E-state index contributed by atoms with van der Waals surface area (Å²) in [6.07, 6.45) is 5.50. The molecule has 0 aromatic heterocycles. The van der Waals surface area contributed by atoms with Crippen molar-refractivity contribution in [3.05, 3.63) is 29.8 Å². The summed E-state index contributed by atoms with van der Waals surface area (Å²) >= 11 is 3.52. The van der Waals surface area contributed by atoms with Gasteiger partial charge in [-0.05, 0) is 36.5 Å². The van der Waals surface area contributed by atoms with Crippen molar-refractivity contribution in [1.29, 1.82) is 0 Å². The van der Waals surface area contributed by atoms with Gasteiger partial charge in [0.1, 0.15) is 5.75 Å². The van der Waals surface area contributed by atoms with Crippen molar-refractivity contribution >= 4 is 25.2 Å². The number of hydrogen-bond acceptors (Lipinski definition) is 2.